The molecule has 0 saturated carbocycles. The van der Waals surface area contributed by atoms with E-state index in [2.05, 4.69) is 22.9 Å². The van der Waals surface area contributed by atoms with E-state index in [1.54, 1.807) is 6.07 Å². The van der Waals surface area contributed by atoms with Crippen LogP contribution in [0.5, 0.6) is 11.5 Å². The Bertz CT molecular complexity index is 563. The predicted molar refractivity (Wildman–Crippen MR) is 84.1 cm³/mol. The molecule has 1 heterocycles. The average Bonchev–Trinajstić information content (AvgIpc) is 2.90. The fourth-order valence-electron chi connectivity index (χ4n) is 1.54. The van der Waals surface area contributed by atoms with Gasteiger partial charge in [0.05, 0.1) is 15.3 Å². The number of benzene rings is 1. The zero-order valence-electron chi connectivity index (χ0n) is 11.1. The monoisotopic (exact) mass is 354 g/mol. The number of ether oxygens (including phenoxy) is 2. The van der Waals surface area contributed by atoms with E-state index in [1.165, 1.54) is 11.3 Å². The fraction of sp³-hybridized carbons (Fsp3) is 0.267. The lowest BCUT2D eigenvalue weighted by molar-refractivity contribution is 0.0925. The fourth-order valence-corrected chi connectivity index (χ4v) is 2.85. The number of ketones is 1. The third-order valence-electron chi connectivity index (χ3n) is 2.51. The molecule has 0 radical (unpaired) electrons. The van der Waals surface area contributed by atoms with Gasteiger partial charge in [0.2, 0.25) is 5.78 Å². The van der Waals surface area contributed by atoms with Crippen molar-refractivity contribution in [3.05, 3.63) is 45.1 Å². The molecule has 0 unspecified atom stereocenters. The lowest BCUT2D eigenvalue weighted by Gasteiger charge is -2.07. The number of carbonyl (C=O) groups is 1. The van der Waals surface area contributed by atoms with Crippen LogP contribution in [0, 0.1) is 0 Å². The van der Waals surface area contributed by atoms with Gasteiger partial charge in [0.1, 0.15) is 11.5 Å². The van der Waals surface area contributed by atoms with Gasteiger partial charge in [-0.15, -0.1) is 11.3 Å². The van der Waals surface area contributed by atoms with Crippen LogP contribution in [0.2, 0.25) is 0 Å². The van der Waals surface area contributed by atoms with Gasteiger partial charge in [-0.2, -0.15) is 0 Å². The van der Waals surface area contributed by atoms with E-state index in [9.17, 15) is 4.79 Å². The smallest absolute Gasteiger partial charge is 0.210 e. The van der Waals surface area contributed by atoms with E-state index in [-0.39, 0.29) is 12.4 Å². The first-order chi connectivity index (χ1) is 9.69. The van der Waals surface area contributed by atoms with Crippen LogP contribution in [0.3, 0.4) is 0 Å². The first-order valence-corrected chi connectivity index (χ1v) is 7.94. The maximum absolute atomic E-state index is 11.9. The molecule has 0 aliphatic rings. The Kier molecular flexibility index (Phi) is 5.61. The molecule has 0 amide bonds. The molecular weight excluding hydrogens is 340 g/mol. The van der Waals surface area contributed by atoms with Gasteiger partial charge in [-0.05, 0) is 58.7 Å². The molecule has 0 aliphatic carbocycles. The van der Waals surface area contributed by atoms with Crippen molar-refractivity contribution in [3.63, 3.8) is 0 Å². The SMILES string of the molecule is CCCOc1ccc(OCC(=O)c2ccc(Br)s2)cc1. The van der Waals surface area contributed by atoms with Gasteiger partial charge in [0.25, 0.3) is 0 Å². The summed E-state index contributed by atoms with van der Waals surface area (Å²) in [5.74, 6) is 1.46. The highest BCUT2D eigenvalue weighted by Crippen LogP contribution is 2.23. The predicted octanol–water partition coefficient (Wildman–Crippen LogP) is 4.56. The third kappa shape index (κ3) is 4.35. The number of halogens is 1. The van der Waals surface area contributed by atoms with Gasteiger partial charge in [-0.1, -0.05) is 6.92 Å². The molecule has 2 rings (SSSR count). The Hall–Kier alpha value is -1.33. The topological polar surface area (TPSA) is 35.5 Å². The summed E-state index contributed by atoms with van der Waals surface area (Å²) in [6.07, 6.45) is 0.975. The Morgan fingerprint density at radius 1 is 1.10 bits per heavy atom. The van der Waals surface area contributed by atoms with E-state index in [0.29, 0.717) is 17.2 Å². The molecule has 3 nitrogen and oxygen atoms in total. The molecule has 1 aromatic heterocycles. The standard InChI is InChI=1S/C15H15BrO3S/c1-2-9-18-11-3-5-12(6-4-11)19-10-13(17)14-7-8-15(16)20-14/h3-8H,2,9-10H2,1H3. The maximum atomic E-state index is 11.9. The summed E-state index contributed by atoms with van der Waals surface area (Å²) in [7, 11) is 0. The normalized spacial score (nSPS) is 10.3. The van der Waals surface area contributed by atoms with Crippen molar-refractivity contribution < 1.29 is 14.3 Å². The van der Waals surface area contributed by atoms with Gasteiger partial charge in [-0.3, -0.25) is 4.79 Å². The zero-order chi connectivity index (χ0) is 14.4. The van der Waals surface area contributed by atoms with Gasteiger partial charge < -0.3 is 9.47 Å². The van der Waals surface area contributed by atoms with Gasteiger partial charge in [0.15, 0.2) is 6.61 Å². The van der Waals surface area contributed by atoms with Crippen LogP contribution in [0.15, 0.2) is 40.2 Å². The van der Waals surface area contributed by atoms with Gasteiger partial charge in [-0.25, -0.2) is 0 Å². The van der Waals surface area contributed by atoms with Crippen molar-refractivity contribution >= 4 is 33.0 Å². The molecule has 0 saturated heterocycles. The minimum absolute atomic E-state index is 0.0213. The molecule has 5 heteroatoms. The lowest BCUT2D eigenvalue weighted by Crippen LogP contribution is -2.09. The Balaban J connectivity index is 1.86. The van der Waals surface area contributed by atoms with E-state index >= 15 is 0 Å². The second-order valence-electron chi connectivity index (χ2n) is 4.14. The van der Waals surface area contributed by atoms with Crippen molar-refractivity contribution in [3.8, 4) is 11.5 Å². The molecule has 1 aromatic carbocycles. The second kappa shape index (κ2) is 7.45. The van der Waals surface area contributed by atoms with E-state index < -0.39 is 0 Å². The molecule has 106 valence electrons. The number of Topliss-reactive ketones (excluding diaryl/α,β-unsaturated/α-hetero) is 1. The molecule has 0 N–H and O–H groups in total. The summed E-state index contributed by atoms with van der Waals surface area (Å²) in [6.45, 7) is 2.81. The van der Waals surface area contributed by atoms with Crippen molar-refractivity contribution in [2.45, 2.75) is 13.3 Å². The molecule has 0 atom stereocenters. The molecule has 20 heavy (non-hydrogen) atoms. The zero-order valence-corrected chi connectivity index (χ0v) is 13.5. The summed E-state index contributed by atoms with van der Waals surface area (Å²) in [4.78, 5) is 12.6. The Morgan fingerprint density at radius 2 is 1.75 bits per heavy atom. The lowest BCUT2D eigenvalue weighted by atomic mass is 10.3. The summed E-state index contributed by atoms with van der Waals surface area (Å²) in [5, 5.41) is 0. The van der Waals surface area contributed by atoms with Crippen LogP contribution >= 0.6 is 27.3 Å². The summed E-state index contributed by atoms with van der Waals surface area (Å²) < 4.78 is 11.9. The van der Waals surface area contributed by atoms with Crippen LogP contribution in [0.4, 0.5) is 0 Å². The summed E-state index contributed by atoms with van der Waals surface area (Å²) in [5.41, 5.74) is 0. The Labute approximate surface area is 130 Å². The molecule has 0 bridgehead atoms. The van der Waals surface area contributed by atoms with Crippen molar-refractivity contribution in [2.75, 3.05) is 13.2 Å². The van der Waals surface area contributed by atoms with E-state index in [0.717, 1.165) is 16.0 Å². The third-order valence-corrected chi connectivity index (χ3v) is 4.18. The molecule has 2 aromatic rings. The number of thiophene rings is 1. The quantitative estimate of drug-likeness (QED) is 0.683. The van der Waals surface area contributed by atoms with Crippen molar-refractivity contribution in [1.82, 2.24) is 0 Å². The first-order valence-electron chi connectivity index (χ1n) is 6.33. The second-order valence-corrected chi connectivity index (χ2v) is 6.60. The highest BCUT2D eigenvalue weighted by molar-refractivity contribution is 9.11. The van der Waals surface area contributed by atoms with Crippen molar-refractivity contribution in [2.24, 2.45) is 0 Å². The molecule has 0 fully saturated rings. The summed E-state index contributed by atoms with van der Waals surface area (Å²) >= 11 is 4.75. The minimum Gasteiger partial charge on any atom is -0.494 e. The van der Waals surface area contributed by atoms with Crippen LogP contribution < -0.4 is 9.47 Å². The van der Waals surface area contributed by atoms with Crippen LogP contribution in [0.25, 0.3) is 0 Å². The molecular formula is C15H15BrO3S. The van der Waals surface area contributed by atoms with E-state index in [1.807, 2.05) is 30.3 Å². The maximum Gasteiger partial charge on any atom is 0.210 e. The first kappa shape index (κ1) is 15.1. The van der Waals surface area contributed by atoms with Gasteiger partial charge in [0, 0.05) is 0 Å². The number of hydrogen-bond acceptors (Lipinski definition) is 4. The minimum atomic E-state index is -0.0213. The van der Waals surface area contributed by atoms with E-state index in [4.69, 9.17) is 9.47 Å². The highest BCUT2D eigenvalue weighted by Gasteiger charge is 2.09. The Morgan fingerprint density at radius 3 is 2.30 bits per heavy atom. The molecule has 0 spiro atoms. The van der Waals surface area contributed by atoms with Gasteiger partial charge >= 0.3 is 0 Å². The van der Waals surface area contributed by atoms with Crippen LogP contribution in [-0.4, -0.2) is 19.0 Å². The largest absolute Gasteiger partial charge is 0.494 e. The van der Waals surface area contributed by atoms with Crippen molar-refractivity contribution in [1.29, 1.82) is 0 Å². The average molecular weight is 355 g/mol. The number of carbonyl (C=O) groups excluding carboxylic acids is 1. The summed E-state index contributed by atoms with van der Waals surface area (Å²) in [6, 6.07) is 11.0. The number of hydrogen-bond donors (Lipinski definition) is 0. The highest BCUT2D eigenvalue weighted by atomic mass is 79.9. The number of rotatable bonds is 7. The molecule has 0 aliphatic heterocycles. The van der Waals surface area contributed by atoms with Crippen LogP contribution in [0.1, 0.15) is 23.0 Å². The van der Waals surface area contributed by atoms with Crippen LogP contribution in [-0.2, 0) is 0 Å².